The number of aliphatic carboxylic acids is 1. The smallest absolute Gasteiger partial charge is 0.310 e. The minimum atomic E-state index is -0.548. The van der Waals surface area contributed by atoms with E-state index in [9.17, 15) is 14.7 Å². The van der Waals surface area contributed by atoms with Gasteiger partial charge >= 0.3 is 5.97 Å². The summed E-state index contributed by atoms with van der Waals surface area (Å²) in [6.07, 6.45) is 24.1. The summed E-state index contributed by atoms with van der Waals surface area (Å²) in [4.78, 5) is 25.5. The van der Waals surface area contributed by atoms with Gasteiger partial charge in [0.05, 0.1) is 12.5 Å². The minimum absolute atomic E-state index is 0.204. The molecule has 7 atom stereocenters. The van der Waals surface area contributed by atoms with Crippen molar-refractivity contribution >= 4 is 11.8 Å². The van der Waals surface area contributed by atoms with Crippen LogP contribution in [0.5, 0.6) is 0 Å². The maximum absolute atomic E-state index is 12.8. The number of ether oxygens (including phenoxy) is 1. The van der Waals surface area contributed by atoms with Crippen LogP contribution in [0.2, 0.25) is 0 Å². The number of hydrogen-bond acceptors (Lipinski definition) is 3. The van der Waals surface area contributed by atoms with Gasteiger partial charge in [-0.25, -0.2) is 0 Å². The largest absolute Gasteiger partial charge is 0.497 e. The Kier molecular flexibility index (Phi) is 9.54. The molecule has 41 heavy (non-hydrogen) atoms. The Bertz CT molecular complexity index is 1110. The highest BCUT2D eigenvalue weighted by molar-refractivity contribution is 5.85. The van der Waals surface area contributed by atoms with E-state index in [-0.39, 0.29) is 27.6 Å². The Balaban J connectivity index is 0.000000452. The quantitative estimate of drug-likeness (QED) is 0.161. The number of terminal acetylenes is 1. The SMILES string of the molecule is C#C.C=C(/C=C/C)OC.CC1(C)CC[C@]2(C(=O)O)CCC3C(=CCC4[C@@]3(C)CCC3C(C)(C)C(=O)CC[C@@]34C)C2C1. The predicted molar refractivity (Wildman–Crippen MR) is 168 cm³/mol. The monoisotopic (exact) mass is 564 g/mol. The summed E-state index contributed by atoms with van der Waals surface area (Å²) in [5, 5.41) is 10.4. The molecule has 0 bridgehead atoms. The molecule has 4 fully saturated rings. The van der Waals surface area contributed by atoms with Gasteiger partial charge in [0.25, 0.3) is 0 Å². The summed E-state index contributed by atoms with van der Waals surface area (Å²) in [5.74, 6) is 2.41. The van der Waals surface area contributed by atoms with E-state index in [1.807, 2.05) is 13.0 Å². The van der Waals surface area contributed by atoms with E-state index < -0.39 is 11.4 Å². The molecular weight excluding hydrogens is 508 g/mol. The van der Waals surface area contributed by atoms with E-state index >= 15 is 0 Å². The average Bonchev–Trinajstić information content (AvgIpc) is 2.92. The number of allylic oxidation sites excluding steroid dienone is 4. The number of hydrogen-bond donors (Lipinski definition) is 1. The van der Waals surface area contributed by atoms with Crippen molar-refractivity contribution in [2.75, 3.05) is 7.11 Å². The Hall–Kier alpha value is -2.28. The van der Waals surface area contributed by atoms with Gasteiger partial charge in [0.1, 0.15) is 11.5 Å². The van der Waals surface area contributed by atoms with E-state index in [1.54, 1.807) is 13.2 Å². The fraction of sp³-hybridized carbons (Fsp3) is 0.730. The number of carbonyl (C=O) groups is 2. The number of Topliss-reactive ketones (excluding diaryl/α,β-unsaturated/α-hetero) is 1. The van der Waals surface area contributed by atoms with Crippen molar-refractivity contribution in [2.45, 2.75) is 113 Å². The highest BCUT2D eigenvalue weighted by Crippen LogP contribution is 2.71. The van der Waals surface area contributed by atoms with Crippen LogP contribution in [0.3, 0.4) is 0 Å². The molecule has 5 rings (SSSR count). The summed E-state index contributed by atoms with van der Waals surface area (Å²) in [6.45, 7) is 19.6. The summed E-state index contributed by atoms with van der Waals surface area (Å²) in [5.41, 5.74) is 1.43. The third kappa shape index (κ3) is 5.48. The lowest BCUT2D eigenvalue weighted by molar-refractivity contribution is -0.174. The van der Waals surface area contributed by atoms with E-state index in [4.69, 9.17) is 4.74 Å². The molecule has 0 spiro atoms. The van der Waals surface area contributed by atoms with Crippen LogP contribution in [-0.4, -0.2) is 24.0 Å². The third-order valence-corrected chi connectivity index (χ3v) is 12.6. The number of fused-ring (bicyclic) bond motifs is 7. The fourth-order valence-electron chi connectivity index (χ4n) is 10.3. The zero-order valence-corrected chi connectivity index (χ0v) is 27.1. The van der Waals surface area contributed by atoms with Crippen LogP contribution >= 0.6 is 0 Å². The fourth-order valence-corrected chi connectivity index (χ4v) is 10.3. The van der Waals surface area contributed by atoms with Crippen molar-refractivity contribution in [1.82, 2.24) is 0 Å². The minimum Gasteiger partial charge on any atom is -0.497 e. The Morgan fingerprint density at radius 3 is 2.20 bits per heavy atom. The summed E-state index contributed by atoms with van der Waals surface area (Å²) in [6, 6.07) is 0. The van der Waals surface area contributed by atoms with Crippen LogP contribution in [0.4, 0.5) is 0 Å². The number of methoxy groups -OCH3 is 1. The molecule has 0 aromatic carbocycles. The second-order valence-electron chi connectivity index (χ2n) is 15.4. The molecular formula is C37H56O4. The Morgan fingerprint density at radius 1 is 0.976 bits per heavy atom. The van der Waals surface area contributed by atoms with Crippen LogP contribution in [0.25, 0.3) is 0 Å². The molecule has 0 aliphatic heterocycles. The van der Waals surface area contributed by atoms with Gasteiger partial charge in [-0.15, -0.1) is 12.8 Å². The molecule has 0 heterocycles. The first-order chi connectivity index (χ1) is 19.1. The van der Waals surface area contributed by atoms with Crippen molar-refractivity contribution in [3.05, 3.63) is 36.1 Å². The highest BCUT2D eigenvalue weighted by Gasteiger charge is 2.65. The summed E-state index contributed by atoms with van der Waals surface area (Å²) in [7, 11) is 1.60. The van der Waals surface area contributed by atoms with Gasteiger partial charge in [-0.05, 0) is 111 Å². The van der Waals surface area contributed by atoms with Gasteiger partial charge in [-0.1, -0.05) is 65.8 Å². The Morgan fingerprint density at radius 2 is 1.63 bits per heavy atom. The van der Waals surface area contributed by atoms with Crippen molar-refractivity contribution in [3.63, 3.8) is 0 Å². The number of carboxylic acid groups (broad SMARTS) is 1. The van der Waals surface area contributed by atoms with Gasteiger partial charge < -0.3 is 9.84 Å². The Labute approximate surface area is 250 Å². The van der Waals surface area contributed by atoms with Crippen molar-refractivity contribution in [3.8, 4) is 12.8 Å². The normalized spacial score (nSPS) is 40.0. The lowest BCUT2D eigenvalue weighted by Crippen LogP contribution is -2.61. The lowest BCUT2D eigenvalue weighted by Gasteiger charge is -2.67. The molecule has 4 nitrogen and oxygen atoms in total. The predicted octanol–water partition coefficient (Wildman–Crippen LogP) is 9.02. The summed E-state index contributed by atoms with van der Waals surface area (Å²) < 4.78 is 4.71. The lowest BCUT2D eigenvalue weighted by atomic mass is 9.37. The zero-order chi connectivity index (χ0) is 31.0. The molecule has 0 aromatic rings. The molecule has 0 radical (unpaired) electrons. The van der Waals surface area contributed by atoms with Gasteiger partial charge in [0.15, 0.2) is 0 Å². The van der Waals surface area contributed by atoms with Gasteiger partial charge in [0.2, 0.25) is 0 Å². The third-order valence-electron chi connectivity index (χ3n) is 12.6. The molecule has 0 saturated heterocycles. The molecule has 4 saturated carbocycles. The first-order valence-electron chi connectivity index (χ1n) is 15.7. The highest BCUT2D eigenvalue weighted by atomic mass is 16.5. The van der Waals surface area contributed by atoms with Gasteiger partial charge in [-0.3, -0.25) is 9.59 Å². The van der Waals surface area contributed by atoms with E-state index in [2.05, 4.69) is 67.0 Å². The van der Waals surface area contributed by atoms with Gasteiger partial charge in [0, 0.05) is 11.8 Å². The first kappa shape index (κ1) is 33.2. The molecule has 4 heteroatoms. The molecule has 228 valence electrons. The average molecular weight is 565 g/mol. The number of carboxylic acids is 1. The van der Waals surface area contributed by atoms with Crippen LogP contribution in [0, 0.1) is 63.6 Å². The van der Waals surface area contributed by atoms with Crippen molar-refractivity contribution in [1.29, 1.82) is 0 Å². The first-order valence-corrected chi connectivity index (χ1v) is 15.7. The summed E-state index contributed by atoms with van der Waals surface area (Å²) >= 11 is 0. The van der Waals surface area contributed by atoms with E-state index in [0.29, 0.717) is 29.3 Å². The standard InChI is InChI=1S/C29H44O3.C6H10O.C2H2/c1-25(2)15-16-29(24(31)32)14-9-19-18(20(29)17-25)7-8-22-27(19,5)12-10-21-26(3,4)23(30)11-13-28(21,22)6;1-4-5-6(2)7-3;1-2/h7,19-22H,8-17H2,1-6H3,(H,31,32);4-5H,2H2,1,3H3;1-2H/b;5-4+;/t19?,20?,21?,22?,27-,28-,29+;;/m0../s1. The maximum Gasteiger partial charge on any atom is 0.310 e. The molecule has 5 aliphatic rings. The van der Waals surface area contributed by atoms with Crippen LogP contribution < -0.4 is 0 Å². The van der Waals surface area contributed by atoms with Crippen LogP contribution in [-0.2, 0) is 14.3 Å². The van der Waals surface area contributed by atoms with Crippen LogP contribution in [0.15, 0.2) is 36.1 Å². The zero-order valence-electron chi connectivity index (χ0n) is 27.1. The van der Waals surface area contributed by atoms with Gasteiger partial charge in [-0.2, -0.15) is 0 Å². The molecule has 4 unspecified atom stereocenters. The second-order valence-corrected chi connectivity index (χ2v) is 15.4. The van der Waals surface area contributed by atoms with Crippen molar-refractivity contribution in [2.24, 2.45) is 50.7 Å². The molecule has 0 amide bonds. The van der Waals surface area contributed by atoms with Crippen LogP contribution in [0.1, 0.15) is 113 Å². The second kappa shape index (κ2) is 11.8. The topological polar surface area (TPSA) is 63.6 Å². The maximum atomic E-state index is 12.8. The number of ketones is 1. The number of rotatable bonds is 3. The molecule has 5 aliphatic carbocycles. The van der Waals surface area contributed by atoms with Crippen molar-refractivity contribution < 1.29 is 19.4 Å². The molecule has 1 N–H and O–H groups in total. The van der Waals surface area contributed by atoms with E-state index in [0.717, 1.165) is 57.8 Å². The van der Waals surface area contributed by atoms with E-state index in [1.165, 1.54) is 12.0 Å². The molecule has 0 aromatic heterocycles. The number of carbonyl (C=O) groups excluding carboxylic acids is 1.